The molecule has 1 aliphatic rings. The summed E-state index contributed by atoms with van der Waals surface area (Å²) in [7, 11) is 1.34. The number of nitrogens with zero attached hydrogens (tertiary/aromatic N) is 1. The number of ether oxygens (including phenoxy) is 2. The van der Waals surface area contributed by atoms with E-state index in [1.54, 1.807) is 0 Å². The molecule has 1 fully saturated rings. The first-order chi connectivity index (χ1) is 9.78. The van der Waals surface area contributed by atoms with Crippen molar-refractivity contribution in [2.75, 3.05) is 20.2 Å². The normalized spacial score (nSPS) is 22.2. The number of likely N-dealkylation sites (tertiary alicyclic amines) is 1. The minimum absolute atomic E-state index is 0.105. The number of carbonyl (C=O) groups is 2. The first-order valence-corrected chi connectivity index (χ1v) is 7.59. The van der Waals surface area contributed by atoms with Gasteiger partial charge in [0.25, 0.3) is 0 Å². The van der Waals surface area contributed by atoms with Crippen LogP contribution in [0.2, 0.25) is 0 Å². The van der Waals surface area contributed by atoms with Gasteiger partial charge in [0, 0.05) is 12.6 Å². The van der Waals surface area contributed by atoms with E-state index in [0.29, 0.717) is 13.0 Å². The Balaban J connectivity index is 2.69. The third-order valence-corrected chi connectivity index (χ3v) is 3.37. The Morgan fingerprint density at radius 1 is 1.33 bits per heavy atom. The van der Waals surface area contributed by atoms with E-state index < -0.39 is 17.7 Å². The lowest BCUT2D eigenvalue weighted by Gasteiger charge is -2.27. The molecule has 0 spiro atoms. The van der Waals surface area contributed by atoms with Crippen LogP contribution in [0.3, 0.4) is 0 Å². The van der Waals surface area contributed by atoms with Crippen molar-refractivity contribution >= 4 is 12.1 Å². The van der Waals surface area contributed by atoms with Crippen molar-refractivity contribution in [2.24, 2.45) is 0 Å². The molecule has 0 aromatic carbocycles. The summed E-state index contributed by atoms with van der Waals surface area (Å²) in [5.74, 6) is -0.388. The molecule has 1 N–H and O–H groups in total. The van der Waals surface area contributed by atoms with Crippen LogP contribution >= 0.6 is 0 Å². The maximum Gasteiger partial charge on any atom is 0.411 e. The molecule has 1 aliphatic heterocycles. The number of rotatable bonds is 5. The molecular weight excluding hydrogens is 272 g/mol. The van der Waals surface area contributed by atoms with Crippen LogP contribution in [0.1, 0.15) is 47.0 Å². The SMILES string of the molecule is CCCCN[C@H]1C[C@@H](C(=O)OC)N(C(=O)OC(C)(C)C)C1. The Bertz CT molecular complexity index is 365. The molecule has 0 aromatic rings. The van der Waals surface area contributed by atoms with E-state index in [2.05, 4.69) is 12.2 Å². The first-order valence-electron chi connectivity index (χ1n) is 7.59. The predicted octanol–water partition coefficient (Wildman–Crippen LogP) is 1.93. The molecule has 1 rings (SSSR count). The number of methoxy groups -OCH3 is 1. The van der Waals surface area contributed by atoms with Crippen LogP contribution in [-0.4, -0.2) is 54.8 Å². The summed E-state index contributed by atoms with van der Waals surface area (Å²) in [5.41, 5.74) is -0.578. The molecule has 6 nitrogen and oxygen atoms in total. The van der Waals surface area contributed by atoms with Crippen LogP contribution in [0, 0.1) is 0 Å². The van der Waals surface area contributed by atoms with E-state index in [0.717, 1.165) is 19.4 Å². The lowest BCUT2D eigenvalue weighted by Crippen LogP contribution is -2.44. The number of carbonyl (C=O) groups excluding carboxylic acids is 2. The van der Waals surface area contributed by atoms with E-state index in [-0.39, 0.29) is 12.0 Å². The highest BCUT2D eigenvalue weighted by Gasteiger charge is 2.41. The van der Waals surface area contributed by atoms with E-state index in [9.17, 15) is 9.59 Å². The van der Waals surface area contributed by atoms with Gasteiger partial charge in [-0.05, 0) is 40.2 Å². The number of hydrogen-bond acceptors (Lipinski definition) is 5. The fraction of sp³-hybridized carbons (Fsp3) is 0.867. The monoisotopic (exact) mass is 300 g/mol. The lowest BCUT2D eigenvalue weighted by atomic mass is 10.1. The zero-order valence-corrected chi connectivity index (χ0v) is 13.8. The summed E-state index contributed by atoms with van der Waals surface area (Å²) in [5, 5.41) is 3.38. The van der Waals surface area contributed by atoms with Crippen molar-refractivity contribution in [2.45, 2.75) is 64.6 Å². The first kappa shape index (κ1) is 17.8. The summed E-state index contributed by atoms with van der Waals surface area (Å²) in [6, 6.07) is -0.461. The predicted molar refractivity (Wildman–Crippen MR) is 80.1 cm³/mol. The molecule has 2 atom stereocenters. The van der Waals surface area contributed by atoms with Crippen molar-refractivity contribution in [3.63, 3.8) is 0 Å². The maximum absolute atomic E-state index is 12.2. The second-order valence-corrected chi connectivity index (χ2v) is 6.41. The molecule has 21 heavy (non-hydrogen) atoms. The quantitative estimate of drug-likeness (QED) is 0.620. The van der Waals surface area contributed by atoms with E-state index in [4.69, 9.17) is 9.47 Å². The van der Waals surface area contributed by atoms with Crippen LogP contribution in [0.5, 0.6) is 0 Å². The van der Waals surface area contributed by atoms with Crippen LogP contribution in [0.25, 0.3) is 0 Å². The molecule has 0 aromatic heterocycles. The van der Waals surface area contributed by atoms with Crippen LogP contribution in [0.4, 0.5) is 4.79 Å². The molecule has 0 saturated carbocycles. The van der Waals surface area contributed by atoms with Crippen LogP contribution in [-0.2, 0) is 14.3 Å². The second kappa shape index (κ2) is 7.64. The molecular formula is C15H28N2O4. The second-order valence-electron chi connectivity index (χ2n) is 6.41. The molecule has 0 bridgehead atoms. The number of amides is 1. The summed E-state index contributed by atoms with van der Waals surface area (Å²) in [6.07, 6.45) is 2.29. The van der Waals surface area contributed by atoms with E-state index in [1.165, 1.54) is 12.0 Å². The Kier molecular flexibility index (Phi) is 6.45. The van der Waals surface area contributed by atoms with Crippen LogP contribution < -0.4 is 5.32 Å². The number of hydrogen-bond donors (Lipinski definition) is 1. The van der Waals surface area contributed by atoms with Gasteiger partial charge < -0.3 is 14.8 Å². The molecule has 122 valence electrons. The molecule has 0 unspecified atom stereocenters. The number of unbranched alkanes of at least 4 members (excludes halogenated alkanes) is 1. The van der Waals surface area contributed by atoms with Crippen molar-refractivity contribution in [1.82, 2.24) is 10.2 Å². The zero-order valence-electron chi connectivity index (χ0n) is 13.8. The highest BCUT2D eigenvalue weighted by atomic mass is 16.6. The molecule has 0 radical (unpaired) electrons. The molecule has 1 amide bonds. The summed E-state index contributed by atoms with van der Waals surface area (Å²) in [4.78, 5) is 25.6. The van der Waals surface area contributed by atoms with Crippen molar-refractivity contribution < 1.29 is 19.1 Å². The summed E-state index contributed by atoms with van der Waals surface area (Å²) >= 11 is 0. The van der Waals surface area contributed by atoms with Gasteiger partial charge in [-0.2, -0.15) is 0 Å². The zero-order chi connectivity index (χ0) is 16.0. The minimum Gasteiger partial charge on any atom is -0.467 e. The van der Waals surface area contributed by atoms with Gasteiger partial charge in [0.1, 0.15) is 11.6 Å². The molecule has 1 saturated heterocycles. The number of nitrogens with one attached hydrogen (secondary N) is 1. The Morgan fingerprint density at radius 2 is 2.00 bits per heavy atom. The minimum atomic E-state index is -0.578. The number of esters is 1. The average Bonchev–Trinajstić information content (AvgIpc) is 2.80. The van der Waals surface area contributed by atoms with Gasteiger partial charge >= 0.3 is 12.1 Å². The topological polar surface area (TPSA) is 67.9 Å². The van der Waals surface area contributed by atoms with Gasteiger partial charge in [-0.3, -0.25) is 4.90 Å². The van der Waals surface area contributed by atoms with Gasteiger partial charge in [-0.15, -0.1) is 0 Å². The van der Waals surface area contributed by atoms with Crippen molar-refractivity contribution in [1.29, 1.82) is 0 Å². The van der Waals surface area contributed by atoms with Gasteiger partial charge in [0.2, 0.25) is 0 Å². The van der Waals surface area contributed by atoms with E-state index >= 15 is 0 Å². The maximum atomic E-state index is 12.2. The van der Waals surface area contributed by atoms with Crippen LogP contribution in [0.15, 0.2) is 0 Å². The molecule has 6 heteroatoms. The fourth-order valence-corrected chi connectivity index (χ4v) is 2.35. The highest BCUT2D eigenvalue weighted by Crippen LogP contribution is 2.22. The molecule has 0 aliphatic carbocycles. The standard InChI is InChI=1S/C15H28N2O4/c1-6-7-8-16-11-9-12(13(18)20-5)17(10-11)14(19)21-15(2,3)4/h11-12,16H,6-10H2,1-5H3/t11-,12-/m0/s1. The Labute approximate surface area is 127 Å². The summed E-state index contributed by atoms with van der Waals surface area (Å²) in [6.45, 7) is 8.91. The summed E-state index contributed by atoms with van der Waals surface area (Å²) < 4.78 is 10.2. The third kappa shape index (κ3) is 5.53. The van der Waals surface area contributed by atoms with Gasteiger partial charge in [-0.1, -0.05) is 13.3 Å². The highest BCUT2D eigenvalue weighted by molar-refractivity contribution is 5.82. The Morgan fingerprint density at radius 3 is 2.52 bits per heavy atom. The van der Waals surface area contributed by atoms with Gasteiger partial charge in [-0.25, -0.2) is 9.59 Å². The van der Waals surface area contributed by atoms with Crippen molar-refractivity contribution in [3.05, 3.63) is 0 Å². The smallest absolute Gasteiger partial charge is 0.411 e. The average molecular weight is 300 g/mol. The largest absolute Gasteiger partial charge is 0.467 e. The Hall–Kier alpha value is -1.30. The van der Waals surface area contributed by atoms with Gasteiger partial charge in [0.05, 0.1) is 7.11 Å². The van der Waals surface area contributed by atoms with Crippen molar-refractivity contribution in [3.8, 4) is 0 Å². The molecule has 1 heterocycles. The van der Waals surface area contributed by atoms with Gasteiger partial charge in [0.15, 0.2) is 0 Å². The lowest BCUT2D eigenvalue weighted by molar-refractivity contribution is -0.145. The fourth-order valence-electron chi connectivity index (χ4n) is 2.35. The van der Waals surface area contributed by atoms with E-state index in [1.807, 2.05) is 20.8 Å². The third-order valence-electron chi connectivity index (χ3n) is 3.37.